The Kier molecular flexibility index (Phi) is 4.35. The second kappa shape index (κ2) is 5.75. The number of nitrogens with two attached hydrogens (primary N) is 1. The number of hydrogen-bond acceptors (Lipinski definition) is 6. The fraction of sp³-hybridized carbons (Fsp3) is 0.333. The molecule has 0 unspecified atom stereocenters. The van der Waals surface area contributed by atoms with E-state index in [1.807, 2.05) is 0 Å². The Morgan fingerprint density at radius 2 is 1.94 bits per heavy atom. The number of benzene rings is 1. The van der Waals surface area contributed by atoms with Crippen molar-refractivity contribution in [3.05, 3.63) is 38.4 Å². The molecular weight excluding hydrogens is 228 g/mol. The maximum Gasteiger partial charge on any atom is 0.299 e. The van der Waals surface area contributed by atoms with E-state index in [2.05, 4.69) is 5.32 Å². The van der Waals surface area contributed by atoms with Crippen LogP contribution >= 0.6 is 0 Å². The number of nitrogens with zero attached hydrogens (tertiary/aromatic N) is 2. The van der Waals surface area contributed by atoms with Gasteiger partial charge in [0.2, 0.25) is 0 Å². The highest BCUT2D eigenvalue weighted by molar-refractivity contribution is 5.65. The molecule has 0 atom stereocenters. The topological polar surface area (TPSA) is 124 Å². The van der Waals surface area contributed by atoms with Crippen molar-refractivity contribution in [2.75, 3.05) is 18.4 Å². The second-order valence-electron chi connectivity index (χ2n) is 3.28. The van der Waals surface area contributed by atoms with Crippen LogP contribution in [0.3, 0.4) is 0 Å². The third-order valence-corrected chi connectivity index (χ3v) is 2.09. The van der Waals surface area contributed by atoms with Crippen molar-refractivity contribution in [2.24, 2.45) is 5.73 Å². The summed E-state index contributed by atoms with van der Waals surface area (Å²) in [6.07, 6.45) is 0.661. The Balaban J connectivity index is 2.96. The molecule has 0 amide bonds. The van der Waals surface area contributed by atoms with Gasteiger partial charge < -0.3 is 11.1 Å². The van der Waals surface area contributed by atoms with Crippen LogP contribution in [0.25, 0.3) is 0 Å². The molecule has 0 radical (unpaired) electrons. The van der Waals surface area contributed by atoms with Crippen molar-refractivity contribution in [3.8, 4) is 0 Å². The van der Waals surface area contributed by atoms with Crippen LogP contribution in [0.4, 0.5) is 17.1 Å². The summed E-state index contributed by atoms with van der Waals surface area (Å²) in [5, 5.41) is 24.1. The number of non-ortho nitro benzene ring substituents is 1. The molecule has 0 spiro atoms. The van der Waals surface area contributed by atoms with E-state index in [-0.39, 0.29) is 17.1 Å². The molecule has 0 aliphatic heterocycles. The lowest BCUT2D eigenvalue weighted by Gasteiger charge is -2.05. The Hall–Kier alpha value is -2.22. The van der Waals surface area contributed by atoms with Crippen LogP contribution < -0.4 is 11.1 Å². The molecule has 17 heavy (non-hydrogen) atoms. The van der Waals surface area contributed by atoms with Crippen LogP contribution in [0.2, 0.25) is 0 Å². The molecule has 8 nitrogen and oxygen atoms in total. The summed E-state index contributed by atoms with van der Waals surface area (Å²) in [4.78, 5) is 19.9. The molecule has 0 aromatic heterocycles. The molecule has 1 aromatic rings. The van der Waals surface area contributed by atoms with Gasteiger partial charge in [0.05, 0.1) is 15.9 Å². The molecular formula is C9H12N4O4. The molecule has 0 fully saturated rings. The molecule has 0 saturated heterocycles. The van der Waals surface area contributed by atoms with Crippen molar-refractivity contribution in [3.63, 3.8) is 0 Å². The van der Waals surface area contributed by atoms with E-state index in [1.165, 1.54) is 12.1 Å². The van der Waals surface area contributed by atoms with Gasteiger partial charge >= 0.3 is 0 Å². The average Bonchev–Trinajstić information content (AvgIpc) is 2.29. The molecule has 92 valence electrons. The number of rotatable bonds is 6. The van der Waals surface area contributed by atoms with Crippen LogP contribution in [0.15, 0.2) is 18.2 Å². The molecule has 1 rings (SSSR count). The normalized spacial score (nSPS) is 9.94. The van der Waals surface area contributed by atoms with Gasteiger partial charge in [-0.3, -0.25) is 20.2 Å². The van der Waals surface area contributed by atoms with Gasteiger partial charge in [-0.2, -0.15) is 0 Å². The Morgan fingerprint density at radius 3 is 2.47 bits per heavy atom. The Bertz CT molecular complexity index is 435. The maximum atomic E-state index is 10.7. The standard InChI is InChI=1S/C9H12N4O4/c10-4-1-5-11-8-3-2-7(12(14)15)6-9(8)13(16)17/h2-3,6,11H,1,4-5,10H2. The first-order valence-electron chi connectivity index (χ1n) is 4.93. The maximum absolute atomic E-state index is 10.7. The highest BCUT2D eigenvalue weighted by Gasteiger charge is 2.18. The highest BCUT2D eigenvalue weighted by Crippen LogP contribution is 2.28. The zero-order chi connectivity index (χ0) is 12.8. The molecule has 1 aromatic carbocycles. The van der Waals surface area contributed by atoms with Gasteiger partial charge in [0.25, 0.3) is 11.4 Å². The lowest BCUT2D eigenvalue weighted by molar-refractivity contribution is -0.393. The second-order valence-corrected chi connectivity index (χ2v) is 3.28. The lowest BCUT2D eigenvalue weighted by Crippen LogP contribution is -2.09. The number of nitrogens with one attached hydrogen (secondary N) is 1. The first kappa shape index (κ1) is 12.8. The quantitative estimate of drug-likeness (QED) is 0.438. The zero-order valence-corrected chi connectivity index (χ0v) is 8.96. The first-order chi connectivity index (χ1) is 8.06. The largest absolute Gasteiger partial charge is 0.379 e. The number of nitro benzene ring substituents is 2. The minimum absolute atomic E-state index is 0.258. The molecule has 0 aliphatic rings. The third kappa shape index (κ3) is 3.38. The minimum atomic E-state index is -0.670. The summed E-state index contributed by atoms with van der Waals surface area (Å²) in [7, 11) is 0. The molecule has 3 N–H and O–H groups in total. The van der Waals surface area contributed by atoms with Crippen LogP contribution in [0, 0.1) is 20.2 Å². The summed E-state index contributed by atoms with van der Waals surface area (Å²) in [5.41, 5.74) is 4.94. The summed E-state index contributed by atoms with van der Waals surface area (Å²) in [6, 6.07) is 3.48. The van der Waals surface area contributed by atoms with Crippen molar-refractivity contribution in [1.82, 2.24) is 0 Å². The van der Waals surface area contributed by atoms with Gasteiger partial charge in [-0.25, -0.2) is 0 Å². The van der Waals surface area contributed by atoms with Gasteiger partial charge in [0.1, 0.15) is 5.69 Å². The average molecular weight is 240 g/mol. The fourth-order valence-corrected chi connectivity index (χ4v) is 1.26. The van der Waals surface area contributed by atoms with Gasteiger partial charge in [-0.15, -0.1) is 0 Å². The van der Waals surface area contributed by atoms with Gasteiger partial charge in [0.15, 0.2) is 0 Å². The predicted octanol–water partition coefficient (Wildman–Crippen LogP) is 1.26. The fourth-order valence-electron chi connectivity index (χ4n) is 1.26. The third-order valence-electron chi connectivity index (χ3n) is 2.09. The highest BCUT2D eigenvalue weighted by atomic mass is 16.6. The van der Waals surface area contributed by atoms with Crippen molar-refractivity contribution < 1.29 is 9.85 Å². The van der Waals surface area contributed by atoms with E-state index < -0.39 is 9.85 Å². The molecule has 0 saturated carbocycles. The number of nitro groups is 2. The van der Waals surface area contributed by atoms with Crippen LogP contribution in [0.5, 0.6) is 0 Å². The smallest absolute Gasteiger partial charge is 0.299 e. The van der Waals surface area contributed by atoms with E-state index in [0.717, 1.165) is 6.07 Å². The predicted molar refractivity (Wildman–Crippen MR) is 61.9 cm³/mol. The number of hydrogen-bond donors (Lipinski definition) is 2. The van der Waals surface area contributed by atoms with Gasteiger partial charge in [-0.1, -0.05) is 0 Å². The van der Waals surface area contributed by atoms with Crippen LogP contribution in [0.1, 0.15) is 6.42 Å². The molecule has 0 bridgehead atoms. The Labute approximate surface area is 96.7 Å². The summed E-state index contributed by atoms with van der Waals surface area (Å²) in [6.45, 7) is 0.947. The first-order valence-corrected chi connectivity index (χ1v) is 4.93. The summed E-state index contributed by atoms with van der Waals surface area (Å²) in [5.74, 6) is 0. The van der Waals surface area contributed by atoms with E-state index in [0.29, 0.717) is 19.5 Å². The van der Waals surface area contributed by atoms with E-state index >= 15 is 0 Å². The van der Waals surface area contributed by atoms with E-state index in [4.69, 9.17) is 5.73 Å². The lowest BCUT2D eigenvalue weighted by atomic mass is 10.2. The van der Waals surface area contributed by atoms with Gasteiger partial charge in [-0.05, 0) is 19.0 Å². The monoisotopic (exact) mass is 240 g/mol. The van der Waals surface area contributed by atoms with Crippen molar-refractivity contribution in [1.29, 1.82) is 0 Å². The summed E-state index contributed by atoms with van der Waals surface area (Å²) < 4.78 is 0. The van der Waals surface area contributed by atoms with E-state index in [9.17, 15) is 20.2 Å². The zero-order valence-electron chi connectivity index (χ0n) is 8.96. The molecule has 8 heteroatoms. The van der Waals surface area contributed by atoms with Crippen molar-refractivity contribution >= 4 is 17.1 Å². The molecule has 0 heterocycles. The minimum Gasteiger partial charge on any atom is -0.379 e. The van der Waals surface area contributed by atoms with Gasteiger partial charge in [0, 0.05) is 12.6 Å². The van der Waals surface area contributed by atoms with E-state index in [1.54, 1.807) is 0 Å². The van der Waals surface area contributed by atoms with Crippen LogP contribution in [-0.4, -0.2) is 22.9 Å². The molecule has 0 aliphatic carbocycles. The van der Waals surface area contributed by atoms with Crippen molar-refractivity contribution in [2.45, 2.75) is 6.42 Å². The van der Waals surface area contributed by atoms with Crippen LogP contribution in [-0.2, 0) is 0 Å². The Morgan fingerprint density at radius 1 is 1.24 bits per heavy atom. The SMILES string of the molecule is NCCCNc1ccc([N+](=O)[O-])cc1[N+](=O)[O-]. The summed E-state index contributed by atoms with van der Waals surface area (Å²) >= 11 is 0. The number of anilines is 1.